The summed E-state index contributed by atoms with van der Waals surface area (Å²) in [5, 5.41) is 17.9. The summed E-state index contributed by atoms with van der Waals surface area (Å²) in [4.78, 5) is 67.0. The van der Waals surface area contributed by atoms with Gasteiger partial charge in [-0.15, -0.1) is 0 Å². The van der Waals surface area contributed by atoms with Crippen molar-refractivity contribution in [3.05, 3.63) is 204 Å². The summed E-state index contributed by atoms with van der Waals surface area (Å²) >= 11 is 0. The lowest BCUT2D eigenvalue weighted by Crippen LogP contribution is -2.48. The molecule has 6 aromatic carbocycles. The monoisotopic (exact) mass is 1550 g/mol. The van der Waals surface area contributed by atoms with E-state index >= 15 is 0 Å². The SMILES string of the molecule is C.CC(F)(F)C(OC(=O)C1C2CCC(C2)C1C(=O)O)C(F)(F)F.CC(F)(F)C(OC(=O)c1ccc(OC=O)cc1)C(F)(F)F.CC(F)(F)C(OC(=O)c1ccccc1C(=O)O)C(F)(F)F.Cc1c(C(C)C)cc(C(C)C)cc1C(C)C.Cc1cc(C)c(C)c(C)c1.Cc1ccc(C)c(C)c1.Cc1ccc(C)cc1. The number of hydrogen-bond donors (Lipinski definition) is 2. The number of esters is 3. The molecule has 8 rings (SSSR count). The van der Waals surface area contributed by atoms with Gasteiger partial charge in [-0.25, -0.2) is 40.7 Å². The summed E-state index contributed by atoms with van der Waals surface area (Å²) < 4.78 is 206. The number of ether oxygens (including phenoxy) is 4. The van der Waals surface area contributed by atoms with Crippen molar-refractivity contribution in [3.63, 3.8) is 0 Å². The highest BCUT2D eigenvalue weighted by Crippen LogP contribution is 2.53. The lowest BCUT2D eigenvalue weighted by molar-refractivity contribution is -0.275. The van der Waals surface area contributed by atoms with Gasteiger partial charge in [0.25, 0.3) is 42.6 Å². The number of carboxylic acids is 2. The number of aryl methyl sites for hydroxylation is 8. The number of rotatable bonds is 16. The number of benzene rings is 6. The van der Waals surface area contributed by atoms with E-state index in [1.807, 2.05) is 0 Å². The molecule has 2 fully saturated rings. The zero-order valence-corrected chi connectivity index (χ0v) is 63.1. The van der Waals surface area contributed by atoms with Crippen LogP contribution in [0.2, 0.25) is 0 Å². The summed E-state index contributed by atoms with van der Waals surface area (Å²) in [6.07, 6.45) is -25.7. The van der Waals surface area contributed by atoms with Crippen molar-refractivity contribution in [1.82, 2.24) is 0 Å². The molecule has 6 aromatic rings. The third-order valence-corrected chi connectivity index (χ3v) is 17.5. The van der Waals surface area contributed by atoms with Crippen LogP contribution < -0.4 is 4.74 Å². The van der Waals surface area contributed by atoms with Gasteiger partial charge in [0.1, 0.15) is 5.75 Å². The zero-order valence-electron chi connectivity index (χ0n) is 63.1. The van der Waals surface area contributed by atoms with Gasteiger partial charge in [-0.3, -0.25) is 14.4 Å². The summed E-state index contributed by atoms with van der Waals surface area (Å²) in [5.74, 6) is -22.0. The number of carboxylic acid groups (broad SMARTS) is 2. The highest BCUT2D eigenvalue weighted by Gasteiger charge is 2.61. The molecule has 108 heavy (non-hydrogen) atoms. The number of halogens is 15. The van der Waals surface area contributed by atoms with Gasteiger partial charge in [0.05, 0.1) is 28.5 Å². The lowest BCUT2D eigenvalue weighted by Gasteiger charge is -2.30. The van der Waals surface area contributed by atoms with E-state index in [4.69, 9.17) is 10.2 Å². The fourth-order valence-corrected chi connectivity index (χ4v) is 11.6. The Balaban J connectivity index is 0.000000646. The van der Waals surface area contributed by atoms with Crippen LogP contribution in [-0.2, 0) is 28.6 Å². The molecule has 2 aliphatic carbocycles. The molecular weight excluding hydrogens is 1450 g/mol. The molecule has 7 unspecified atom stereocenters. The second-order valence-corrected chi connectivity index (χ2v) is 27.7. The minimum atomic E-state index is -5.49. The predicted molar refractivity (Wildman–Crippen MR) is 382 cm³/mol. The minimum Gasteiger partial charge on any atom is -0.481 e. The van der Waals surface area contributed by atoms with Gasteiger partial charge in [0.2, 0.25) is 0 Å². The Hall–Kier alpha value is -8.91. The topological polar surface area (TPSA) is 180 Å². The van der Waals surface area contributed by atoms with Crippen molar-refractivity contribution in [2.75, 3.05) is 0 Å². The zero-order chi connectivity index (χ0) is 82.6. The van der Waals surface area contributed by atoms with Gasteiger partial charge in [0.15, 0.2) is 0 Å². The quantitative estimate of drug-likeness (QED) is 0.0406. The van der Waals surface area contributed by atoms with Gasteiger partial charge >= 0.3 is 48.4 Å². The Morgan fingerprint density at radius 3 is 1.17 bits per heavy atom. The highest BCUT2D eigenvalue weighted by molar-refractivity contribution is 6.02. The number of aliphatic carboxylic acids is 1. The van der Waals surface area contributed by atoms with Crippen LogP contribution in [0.25, 0.3) is 0 Å². The Bertz CT molecular complexity index is 3780. The first kappa shape index (κ1) is 97.1. The van der Waals surface area contributed by atoms with Crippen molar-refractivity contribution < 1.29 is 124 Å². The van der Waals surface area contributed by atoms with Gasteiger partial charge in [0, 0.05) is 20.8 Å². The summed E-state index contributed by atoms with van der Waals surface area (Å²) in [5.41, 5.74) is 16.6. The van der Waals surface area contributed by atoms with Crippen LogP contribution >= 0.6 is 0 Å². The molecule has 2 N–H and O–H groups in total. The molecular formula is C81H99F15O12. The van der Waals surface area contributed by atoms with Gasteiger partial charge in [-0.05, 0) is 205 Å². The number of hydrogen-bond acceptors (Lipinski definition) is 10. The summed E-state index contributed by atoms with van der Waals surface area (Å²) in [6.45, 7) is 35.3. The van der Waals surface area contributed by atoms with E-state index in [1.54, 1.807) is 0 Å². The Labute approximate surface area is 622 Å². The molecule has 0 spiro atoms. The lowest BCUT2D eigenvalue weighted by atomic mass is 9.79. The first-order valence-corrected chi connectivity index (χ1v) is 33.8. The second-order valence-electron chi connectivity index (χ2n) is 27.7. The molecule has 0 heterocycles. The first-order valence-electron chi connectivity index (χ1n) is 33.8. The number of alkyl halides is 15. The van der Waals surface area contributed by atoms with E-state index < -0.39 is 119 Å². The molecule has 12 nitrogen and oxygen atoms in total. The normalized spacial score (nSPS) is 16.1. The molecule has 0 aromatic heterocycles. The van der Waals surface area contributed by atoms with Gasteiger partial charge < -0.3 is 29.2 Å². The van der Waals surface area contributed by atoms with Crippen molar-refractivity contribution in [2.24, 2.45) is 23.7 Å². The van der Waals surface area contributed by atoms with E-state index in [0.29, 0.717) is 37.0 Å². The third-order valence-electron chi connectivity index (χ3n) is 17.5. The smallest absolute Gasteiger partial charge is 0.431 e. The molecule has 0 saturated heterocycles. The fraction of sp³-hybridized carbons (Fsp3) is 0.481. The maximum Gasteiger partial charge on any atom is 0.431 e. The molecule has 2 saturated carbocycles. The summed E-state index contributed by atoms with van der Waals surface area (Å²) in [6, 6.07) is 32.6. The van der Waals surface area contributed by atoms with Crippen LogP contribution in [0.5, 0.6) is 5.75 Å². The summed E-state index contributed by atoms with van der Waals surface area (Å²) in [7, 11) is 0. The molecule has 27 heteroatoms. The van der Waals surface area contributed by atoms with E-state index in [0.717, 1.165) is 42.5 Å². The van der Waals surface area contributed by atoms with Crippen LogP contribution in [0.4, 0.5) is 65.9 Å². The second kappa shape index (κ2) is 41.0. The van der Waals surface area contributed by atoms with Crippen molar-refractivity contribution in [3.8, 4) is 5.75 Å². The van der Waals surface area contributed by atoms with E-state index in [-0.39, 0.29) is 46.3 Å². The van der Waals surface area contributed by atoms with Crippen molar-refractivity contribution >= 4 is 36.3 Å². The molecule has 2 aliphatic rings. The molecule has 0 aliphatic heterocycles. The molecule has 600 valence electrons. The Morgan fingerprint density at radius 1 is 0.435 bits per heavy atom. The largest absolute Gasteiger partial charge is 0.481 e. The Morgan fingerprint density at radius 2 is 0.815 bits per heavy atom. The van der Waals surface area contributed by atoms with Gasteiger partial charge in [-0.1, -0.05) is 150 Å². The average molecular weight is 1550 g/mol. The van der Waals surface area contributed by atoms with Gasteiger partial charge in [-0.2, -0.15) is 39.5 Å². The number of carbonyl (C=O) groups is 6. The maximum atomic E-state index is 13.1. The average Bonchev–Trinajstić information content (AvgIpc) is 1.60. The van der Waals surface area contributed by atoms with Crippen LogP contribution in [0.1, 0.15) is 210 Å². The minimum absolute atomic E-state index is 0. The van der Waals surface area contributed by atoms with Crippen LogP contribution in [0, 0.1) is 92.9 Å². The van der Waals surface area contributed by atoms with Crippen LogP contribution in [-0.4, -0.2) is 101 Å². The molecule has 0 radical (unpaired) electrons. The van der Waals surface area contributed by atoms with E-state index in [1.165, 1.54) is 78.4 Å². The molecule has 2 bridgehead atoms. The third kappa shape index (κ3) is 30.6. The van der Waals surface area contributed by atoms with E-state index in [2.05, 4.69) is 196 Å². The first-order chi connectivity index (χ1) is 48.9. The van der Waals surface area contributed by atoms with E-state index in [9.17, 15) is 94.6 Å². The molecule has 7 atom stereocenters. The standard InChI is InChI=1S/C16H26.C13H15F5O4.2C12H9F5O4.C10H14.C9H12.C8H10.CH4/c1-10(2)14-8-15(11(3)4)13(7)16(9-14)12(5)6;1-12(14,15)11(13(16,17)18)22-10(21)8-6-3-2-5(4-6)7(8)9(19)20;1-11(13,14)10(12(15,16)17)21-9(19)7-2-4-8(5-3-7)20-6-18;1-11(13,14)10(12(15,16)17)21-9(20)7-5-3-2-4-6(7)8(18)19;1-7-5-8(2)10(4)9(3)6-7;1-7-4-5-8(2)9(3)6-7;1-7-3-5-8(2)6-4-7;/h8-12H,1-7H3;5-8,11H,2-4H2,1H3,(H,19,20);2-6,10H,1H3;2-5,10H,1H3,(H,18,19);5-6H,1-4H3;4-6H,1-3H3;3-6H,1-2H3;1H4. The Kier molecular flexibility index (Phi) is 36.9. The number of carbonyl (C=O) groups excluding carboxylic acids is 4. The molecule has 0 amide bonds. The van der Waals surface area contributed by atoms with Crippen LogP contribution in [0.15, 0.2) is 115 Å². The van der Waals surface area contributed by atoms with Crippen molar-refractivity contribution in [1.29, 1.82) is 0 Å². The number of aromatic carboxylic acids is 1. The number of fused-ring (bicyclic) bond motifs is 2. The predicted octanol–water partition coefficient (Wildman–Crippen LogP) is 22.8. The van der Waals surface area contributed by atoms with Crippen molar-refractivity contribution in [2.45, 2.75) is 231 Å². The fourth-order valence-electron chi connectivity index (χ4n) is 11.6. The maximum absolute atomic E-state index is 13.1. The van der Waals surface area contributed by atoms with Crippen LogP contribution in [0.3, 0.4) is 0 Å². The highest BCUT2D eigenvalue weighted by atomic mass is 19.4.